The van der Waals surface area contributed by atoms with Gasteiger partial charge in [-0.25, -0.2) is 4.21 Å². The molecule has 114 valence electrons. The zero-order chi connectivity index (χ0) is 15.5. The number of rotatable bonds is 3. The molecule has 8 heteroatoms. The Hall–Kier alpha value is -1.41. The molecule has 2 rings (SSSR count). The summed E-state index contributed by atoms with van der Waals surface area (Å²) < 4.78 is 16.4. The van der Waals surface area contributed by atoms with Gasteiger partial charge in [-0.1, -0.05) is 0 Å². The first kappa shape index (κ1) is 16.0. The third-order valence-corrected chi connectivity index (χ3v) is 6.15. The summed E-state index contributed by atoms with van der Waals surface area (Å²) in [5.41, 5.74) is -0.0797. The smallest absolute Gasteiger partial charge is 0.269 e. The summed E-state index contributed by atoms with van der Waals surface area (Å²) >= 11 is 1.71. The SMILES string of the molecule is CS(=O)(=NC(=O)C1CCCSC1)c1ccc([N+](=O)[O-])cc1. The highest BCUT2D eigenvalue weighted by atomic mass is 32.2. The largest absolute Gasteiger partial charge is 0.272 e. The summed E-state index contributed by atoms with van der Waals surface area (Å²) in [4.78, 5) is 22.5. The van der Waals surface area contributed by atoms with Crippen molar-refractivity contribution in [3.05, 3.63) is 34.4 Å². The minimum atomic E-state index is -2.86. The van der Waals surface area contributed by atoms with E-state index in [1.165, 1.54) is 30.5 Å². The van der Waals surface area contributed by atoms with Crippen molar-refractivity contribution in [2.75, 3.05) is 17.8 Å². The molecule has 1 fully saturated rings. The second-order valence-corrected chi connectivity index (χ2v) is 8.31. The quantitative estimate of drug-likeness (QED) is 0.628. The van der Waals surface area contributed by atoms with E-state index in [0.717, 1.165) is 24.3 Å². The van der Waals surface area contributed by atoms with Gasteiger partial charge in [0.05, 0.1) is 14.7 Å². The van der Waals surface area contributed by atoms with E-state index in [1.807, 2.05) is 0 Å². The average Bonchev–Trinajstić information content (AvgIpc) is 2.48. The number of nitro groups is 1. The highest BCUT2D eigenvalue weighted by Crippen LogP contribution is 2.25. The van der Waals surface area contributed by atoms with E-state index in [4.69, 9.17) is 0 Å². The van der Waals surface area contributed by atoms with Crippen molar-refractivity contribution < 1.29 is 13.9 Å². The molecule has 2 unspecified atom stereocenters. The van der Waals surface area contributed by atoms with Crippen LogP contribution in [0.3, 0.4) is 0 Å². The summed E-state index contributed by atoms with van der Waals surface area (Å²) in [5.74, 6) is 1.28. The van der Waals surface area contributed by atoms with Gasteiger partial charge < -0.3 is 0 Å². The first-order valence-corrected chi connectivity index (χ1v) is 9.56. The van der Waals surface area contributed by atoms with Crippen LogP contribution in [0.25, 0.3) is 0 Å². The van der Waals surface area contributed by atoms with Crippen LogP contribution in [0.15, 0.2) is 33.5 Å². The number of hydrogen-bond donors (Lipinski definition) is 0. The predicted octanol–water partition coefficient (Wildman–Crippen LogP) is 2.72. The van der Waals surface area contributed by atoms with E-state index < -0.39 is 14.7 Å². The van der Waals surface area contributed by atoms with Crippen molar-refractivity contribution in [3.63, 3.8) is 0 Å². The third-order valence-electron chi connectivity index (χ3n) is 3.26. The van der Waals surface area contributed by atoms with Crippen LogP contribution in [0.2, 0.25) is 0 Å². The Morgan fingerprint density at radius 1 is 1.43 bits per heavy atom. The molecule has 1 aliphatic heterocycles. The molecule has 2 atom stereocenters. The maximum Gasteiger partial charge on any atom is 0.269 e. The fourth-order valence-corrected chi connectivity index (χ4v) is 4.42. The first-order valence-electron chi connectivity index (χ1n) is 6.48. The van der Waals surface area contributed by atoms with Gasteiger partial charge in [0.2, 0.25) is 0 Å². The van der Waals surface area contributed by atoms with E-state index in [1.54, 1.807) is 11.8 Å². The number of hydrogen-bond acceptors (Lipinski definition) is 5. The lowest BCUT2D eigenvalue weighted by Crippen LogP contribution is -2.20. The third kappa shape index (κ3) is 4.04. The van der Waals surface area contributed by atoms with Crippen molar-refractivity contribution >= 4 is 33.1 Å². The fourth-order valence-electron chi connectivity index (χ4n) is 2.05. The van der Waals surface area contributed by atoms with Crippen LogP contribution in [0.1, 0.15) is 12.8 Å². The molecule has 0 aliphatic carbocycles. The van der Waals surface area contributed by atoms with Gasteiger partial charge in [-0.05, 0) is 30.7 Å². The normalized spacial score (nSPS) is 21.3. The Kier molecular flexibility index (Phi) is 5.00. The number of benzene rings is 1. The van der Waals surface area contributed by atoms with Crippen LogP contribution < -0.4 is 0 Å². The summed E-state index contributed by atoms with van der Waals surface area (Å²) in [5, 5.41) is 10.6. The Morgan fingerprint density at radius 3 is 2.62 bits per heavy atom. The van der Waals surface area contributed by atoms with Crippen LogP contribution in [-0.4, -0.2) is 32.8 Å². The van der Waals surface area contributed by atoms with Gasteiger partial charge in [0.25, 0.3) is 11.6 Å². The second-order valence-electron chi connectivity index (χ2n) is 4.90. The number of carbonyl (C=O) groups excluding carboxylic acids is 1. The Balaban J connectivity index is 2.23. The highest BCUT2D eigenvalue weighted by molar-refractivity contribution is 7.99. The Morgan fingerprint density at radius 2 is 2.10 bits per heavy atom. The second kappa shape index (κ2) is 6.57. The lowest BCUT2D eigenvalue weighted by Gasteiger charge is -2.18. The minimum Gasteiger partial charge on any atom is -0.272 e. The molecule has 1 aromatic carbocycles. The molecule has 0 radical (unpaired) electrons. The molecule has 1 amide bonds. The number of amides is 1. The topological polar surface area (TPSA) is 89.6 Å². The molecular weight excluding hydrogens is 312 g/mol. The standard InChI is InChI=1S/C13H16N2O4S2/c1-21(19,12-6-4-11(5-7-12)15(17)18)14-13(16)10-3-2-8-20-9-10/h4-7,10H,2-3,8-9H2,1H3. The predicted molar refractivity (Wildman–Crippen MR) is 82.9 cm³/mol. The maximum atomic E-state index is 12.6. The van der Waals surface area contributed by atoms with Crippen molar-refractivity contribution in [2.24, 2.45) is 10.3 Å². The van der Waals surface area contributed by atoms with Gasteiger partial charge in [-0.3, -0.25) is 14.9 Å². The molecule has 1 saturated heterocycles. The fraction of sp³-hybridized carbons (Fsp3) is 0.462. The molecule has 0 N–H and O–H groups in total. The summed E-state index contributed by atoms with van der Waals surface area (Å²) in [6.07, 6.45) is 3.15. The molecule has 0 bridgehead atoms. The molecule has 1 aromatic rings. The molecule has 0 spiro atoms. The van der Waals surface area contributed by atoms with Crippen LogP contribution in [0.5, 0.6) is 0 Å². The van der Waals surface area contributed by atoms with Crippen LogP contribution >= 0.6 is 11.8 Å². The lowest BCUT2D eigenvalue weighted by atomic mass is 10.1. The maximum absolute atomic E-state index is 12.6. The molecular formula is C13H16N2O4S2. The summed E-state index contributed by atoms with van der Waals surface area (Å²) in [7, 11) is -2.86. The zero-order valence-corrected chi connectivity index (χ0v) is 13.2. The van der Waals surface area contributed by atoms with Gasteiger partial charge in [0.15, 0.2) is 0 Å². The van der Waals surface area contributed by atoms with Crippen LogP contribution in [-0.2, 0) is 14.5 Å². The van der Waals surface area contributed by atoms with Gasteiger partial charge >= 0.3 is 0 Å². The summed E-state index contributed by atoms with van der Waals surface area (Å²) in [6.45, 7) is 0. The van der Waals surface area contributed by atoms with Gasteiger partial charge in [0, 0.05) is 35.0 Å². The zero-order valence-electron chi connectivity index (χ0n) is 11.6. The van der Waals surface area contributed by atoms with E-state index in [9.17, 15) is 19.1 Å². The molecule has 1 aliphatic rings. The van der Waals surface area contributed by atoms with E-state index in [-0.39, 0.29) is 17.5 Å². The van der Waals surface area contributed by atoms with Gasteiger partial charge in [0.1, 0.15) is 0 Å². The number of non-ortho nitro benzene ring substituents is 1. The average molecular weight is 328 g/mol. The van der Waals surface area contributed by atoms with Crippen LogP contribution in [0, 0.1) is 16.0 Å². The van der Waals surface area contributed by atoms with Crippen molar-refractivity contribution in [3.8, 4) is 0 Å². The monoisotopic (exact) mass is 328 g/mol. The number of nitrogens with zero attached hydrogens (tertiary/aromatic N) is 2. The Labute approximate surface area is 127 Å². The molecule has 6 nitrogen and oxygen atoms in total. The number of thioether (sulfide) groups is 1. The van der Waals surface area contributed by atoms with Crippen molar-refractivity contribution in [1.82, 2.24) is 0 Å². The van der Waals surface area contributed by atoms with Crippen molar-refractivity contribution in [1.29, 1.82) is 0 Å². The number of carbonyl (C=O) groups is 1. The van der Waals surface area contributed by atoms with Crippen LogP contribution in [0.4, 0.5) is 5.69 Å². The number of nitro benzene ring substituents is 1. The van der Waals surface area contributed by atoms with Gasteiger partial charge in [-0.15, -0.1) is 0 Å². The van der Waals surface area contributed by atoms with E-state index in [2.05, 4.69) is 4.36 Å². The van der Waals surface area contributed by atoms with E-state index in [0.29, 0.717) is 4.90 Å². The lowest BCUT2D eigenvalue weighted by molar-refractivity contribution is -0.384. The molecule has 21 heavy (non-hydrogen) atoms. The Bertz CT molecular complexity index is 657. The molecule has 0 aromatic heterocycles. The molecule has 0 saturated carbocycles. The first-order chi connectivity index (χ1) is 9.90. The van der Waals surface area contributed by atoms with Gasteiger partial charge in [-0.2, -0.15) is 16.1 Å². The summed E-state index contributed by atoms with van der Waals surface area (Å²) in [6, 6.07) is 5.34. The minimum absolute atomic E-state index is 0.0797. The highest BCUT2D eigenvalue weighted by Gasteiger charge is 2.23. The van der Waals surface area contributed by atoms with Crippen molar-refractivity contribution in [2.45, 2.75) is 17.7 Å². The van der Waals surface area contributed by atoms with E-state index >= 15 is 0 Å². The molecule has 1 heterocycles.